The average Bonchev–Trinajstić information content (AvgIpc) is 1.30. The summed E-state index contributed by atoms with van der Waals surface area (Å²) < 4.78 is 6.75. The van der Waals surface area contributed by atoms with Crippen LogP contribution in [0.2, 0.25) is 1.41 Å². The number of hydrogen-bond donors (Lipinski definition) is 1. The Labute approximate surface area is 27.5 Å². The van der Waals surface area contributed by atoms with Gasteiger partial charge >= 0.3 is 0 Å². The molecule has 0 saturated carbocycles. The van der Waals surface area contributed by atoms with Crippen molar-refractivity contribution < 1.29 is 1.41 Å². The lowest BCUT2D eigenvalue weighted by atomic mass is 10.3. The largest absolute Gasteiger partial charge is 0.317 e. The summed E-state index contributed by atoms with van der Waals surface area (Å²) in [5.41, 5.74) is 0. The molecule has 24 valence electrons. The number of rotatable bonds is 0. The molecule has 0 aromatic rings. The number of hydrogen-bond acceptors (Lipinski definition) is 1. The van der Waals surface area contributed by atoms with Crippen molar-refractivity contribution in [2.45, 2.75) is 6.42 Å². The molecule has 4 heavy (non-hydrogen) atoms. The Hall–Kier alpha value is -0.0400. The fourth-order valence-electron chi connectivity index (χ4n) is 0.158. The Morgan fingerprint density at radius 3 is 2.25 bits per heavy atom. The van der Waals surface area contributed by atoms with E-state index in [1.807, 2.05) is 0 Å². The zero-order valence-electron chi connectivity index (χ0n) is 3.57. The summed E-state index contributed by atoms with van der Waals surface area (Å²) >= 11 is 0. The minimum atomic E-state index is 0.986. The molecule has 0 unspecified atom stereocenters. The van der Waals surface area contributed by atoms with E-state index in [1.54, 1.807) is 5.31 Å². The van der Waals surface area contributed by atoms with Crippen molar-refractivity contribution >= 4 is 0 Å². The molecular formula is C3H7N. The van der Waals surface area contributed by atoms with Gasteiger partial charge in [0.1, 0.15) is 1.41 Å². The molecule has 1 heterocycles. The minimum absolute atomic E-state index is 0.986. The molecule has 1 heteroatoms. The normalized spacial score (nSPS) is 32.5. The molecule has 0 aromatic heterocycles. The van der Waals surface area contributed by atoms with Crippen LogP contribution in [0, 0.1) is 0 Å². The van der Waals surface area contributed by atoms with Gasteiger partial charge in [-0.1, -0.05) is 0 Å². The molecule has 0 radical (unpaired) electrons. The van der Waals surface area contributed by atoms with Crippen LogP contribution in [0.1, 0.15) is 6.42 Å². The van der Waals surface area contributed by atoms with Crippen molar-refractivity contribution in [1.82, 2.24) is 5.31 Å². The summed E-state index contributed by atoms with van der Waals surface area (Å²) in [6.07, 6.45) is 1.23. The fourth-order valence-corrected chi connectivity index (χ4v) is 0.158. The lowest BCUT2D eigenvalue weighted by molar-refractivity contribution is 0.527. The van der Waals surface area contributed by atoms with Crippen LogP contribution in [0.15, 0.2) is 0 Å². The SMILES string of the molecule is [3H]N1CCC1. The van der Waals surface area contributed by atoms with E-state index in [2.05, 4.69) is 0 Å². The third-order valence-electron chi connectivity index (χ3n) is 0.632. The second-order valence-electron chi connectivity index (χ2n) is 1.02. The molecule has 0 aromatic carbocycles. The van der Waals surface area contributed by atoms with Gasteiger partial charge in [0, 0.05) is 0 Å². The average molecular weight is 59.1 g/mol. The molecular weight excluding hydrogens is 50.0 g/mol. The molecule has 0 atom stereocenters. The van der Waals surface area contributed by atoms with Crippen LogP contribution in [-0.4, -0.2) is 13.1 Å². The monoisotopic (exact) mass is 59.1 g/mol. The molecule has 1 rings (SSSR count). The van der Waals surface area contributed by atoms with Gasteiger partial charge < -0.3 is 5.31 Å². The Balaban J connectivity index is 2.08. The van der Waals surface area contributed by atoms with Crippen molar-refractivity contribution in [3.05, 3.63) is 0 Å². The van der Waals surface area contributed by atoms with E-state index in [9.17, 15) is 0 Å². The van der Waals surface area contributed by atoms with Gasteiger partial charge in [0.05, 0.1) is 0 Å². The van der Waals surface area contributed by atoms with Crippen LogP contribution >= 0.6 is 0 Å². The quantitative estimate of drug-likeness (QED) is 0.413. The second-order valence-corrected chi connectivity index (χ2v) is 1.02. The lowest BCUT2D eigenvalue weighted by Gasteiger charge is -2.09. The molecule has 1 aliphatic heterocycles. The maximum Gasteiger partial charge on any atom is 0.122 e. The maximum atomic E-state index is 6.75. The second kappa shape index (κ2) is 0.725. The molecule has 1 saturated heterocycles. The van der Waals surface area contributed by atoms with Crippen LogP contribution in [0.25, 0.3) is 0 Å². The zero-order chi connectivity index (χ0) is 3.70. The Morgan fingerprint density at radius 1 is 1.75 bits per heavy atom. The van der Waals surface area contributed by atoms with Gasteiger partial charge in [-0.05, 0) is 19.5 Å². The Kier molecular flexibility index (Phi) is 0.256. The molecule has 1 fully saturated rings. The summed E-state index contributed by atoms with van der Waals surface area (Å²) in [5.74, 6) is 0. The highest BCUT2D eigenvalue weighted by molar-refractivity contribution is 4.56. The first-order valence-corrected chi connectivity index (χ1v) is 1.63. The van der Waals surface area contributed by atoms with Gasteiger partial charge in [0.25, 0.3) is 0 Å². The van der Waals surface area contributed by atoms with Crippen LogP contribution in [0.3, 0.4) is 0 Å². The van der Waals surface area contributed by atoms with E-state index in [0.29, 0.717) is 0 Å². The van der Waals surface area contributed by atoms with Gasteiger partial charge in [-0.25, -0.2) is 0 Å². The lowest BCUT2D eigenvalue weighted by Crippen LogP contribution is -2.29. The molecule has 0 spiro atoms. The Morgan fingerprint density at radius 2 is 2.25 bits per heavy atom. The molecule has 1 nitrogen and oxygen atoms in total. The molecule has 1 aliphatic rings. The zero-order valence-corrected chi connectivity index (χ0v) is 2.57. The van der Waals surface area contributed by atoms with Crippen LogP contribution in [0.4, 0.5) is 0 Å². The predicted octanol–water partition coefficient (Wildman–Crippen LogP) is -0.0203. The number of nitrogens with one attached hydrogen (secondary N) is 1. The smallest absolute Gasteiger partial charge is 0.122 e. The van der Waals surface area contributed by atoms with Gasteiger partial charge in [-0.2, -0.15) is 0 Å². The third-order valence-corrected chi connectivity index (χ3v) is 0.632. The van der Waals surface area contributed by atoms with Gasteiger partial charge in [0.2, 0.25) is 0 Å². The van der Waals surface area contributed by atoms with E-state index in [-0.39, 0.29) is 0 Å². The first-order valence-electron chi connectivity index (χ1n) is 2.08. The van der Waals surface area contributed by atoms with Crippen LogP contribution < -0.4 is 5.31 Å². The fraction of sp³-hybridized carbons (Fsp3) is 1.00. The van der Waals surface area contributed by atoms with Crippen molar-refractivity contribution in [3.8, 4) is 0 Å². The predicted molar refractivity (Wildman–Crippen MR) is 17.5 cm³/mol. The van der Waals surface area contributed by atoms with Crippen molar-refractivity contribution in [2.75, 3.05) is 13.1 Å². The summed E-state index contributed by atoms with van der Waals surface area (Å²) in [6.45, 7) is 1.97. The van der Waals surface area contributed by atoms with Crippen LogP contribution in [-0.2, 0) is 0 Å². The first-order chi connectivity index (χ1) is 2.39. The molecule has 0 bridgehead atoms. The maximum absolute atomic E-state index is 6.75. The van der Waals surface area contributed by atoms with E-state index in [0.717, 1.165) is 13.1 Å². The van der Waals surface area contributed by atoms with E-state index in [4.69, 9.17) is 1.41 Å². The van der Waals surface area contributed by atoms with Gasteiger partial charge in [0.15, 0.2) is 0 Å². The van der Waals surface area contributed by atoms with Gasteiger partial charge in [-0.3, -0.25) is 0 Å². The first kappa shape index (κ1) is 1.41. The molecule has 0 aliphatic carbocycles. The summed E-state index contributed by atoms with van der Waals surface area (Å²) in [6, 6.07) is 0. The summed E-state index contributed by atoms with van der Waals surface area (Å²) in [7, 11) is 0. The highest BCUT2D eigenvalue weighted by Crippen LogP contribution is 1.80. The van der Waals surface area contributed by atoms with E-state index < -0.39 is 0 Å². The topological polar surface area (TPSA) is 12.0 Å². The highest BCUT2D eigenvalue weighted by Gasteiger charge is 1.92. The summed E-state index contributed by atoms with van der Waals surface area (Å²) in [5, 5.41) is 1.56. The molecule has 1 N–H and O–H groups in total. The van der Waals surface area contributed by atoms with Crippen molar-refractivity contribution in [3.63, 3.8) is 0 Å². The van der Waals surface area contributed by atoms with E-state index in [1.165, 1.54) is 6.42 Å². The Bertz CT molecular complexity index is 33.9. The minimum Gasteiger partial charge on any atom is -0.317 e. The third kappa shape index (κ3) is 0.115. The highest BCUT2D eigenvalue weighted by atomic mass is 14.9. The summed E-state index contributed by atoms with van der Waals surface area (Å²) in [4.78, 5) is 0. The van der Waals surface area contributed by atoms with Gasteiger partial charge in [-0.15, -0.1) is 0 Å². The molecule has 0 amide bonds. The standard InChI is InChI=1S/C3H7N/c1-2-4-3-1/h4H,1-3H2/i/hT. The van der Waals surface area contributed by atoms with Crippen LogP contribution in [0.5, 0.6) is 0 Å². The van der Waals surface area contributed by atoms with Crippen molar-refractivity contribution in [1.29, 1.82) is 0 Å². The van der Waals surface area contributed by atoms with E-state index >= 15 is 0 Å². The van der Waals surface area contributed by atoms with Crippen molar-refractivity contribution in [2.24, 2.45) is 0 Å².